The zero-order valence-electron chi connectivity index (χ0n) is 15.9. The van der Waals surface area contributed by atoms with Gasteiger partial charge >= 0.3 is 0 Å². The number of aliphatic hydroxyl groups is 1. The third-order valence-electron chi connectivity index (χ3n) is 4.42. The maximum absolute atomic E-state index is 8.77. The highest BCUT2D eigenvalue weighted by Crippen LogP contribution is 2.09. The van der Waals surface area contributed by atoms with Gasteiger partial charge < -0.3 is 5.11 Å². The van der Waals surface area contributed by atoms with Crippen molar-refractivity contribution < 1.29 is 9.68 Å². The van der Waals surface area contributed by atoms with Crippen molar-refractivity contribution in [3.05, 3.63) is 12.2 Å². The number of hydrogen-bond acceptors (Lipinski definition) is 1. The van der Waals surface area contributed by atoms with Crippen molar-refractivity contribution in [3.63, 3.8) is 0 Å². The summed E-state index contributed by atoms with van der Waals surface area (Å²) >= 11 is 0. The summed E-state index contributed by atoms with van der Waals surface area (Å²) < 4.78 is 2.09. The average Bonchev–Trinajstić information content (AvgIpc) is 2.54. The molecule has 2 nitrogen and oxygen atoms in total. The Morgan fingerprint density at radius 1 is 0.696 bits per heavy atom. The van der Waals surface area contributed by atoms with Crippen molar-refractivity contribution in [3.8, 4) is 0 Å². The van der Waals surface area contributed by atoms with E-state index >= 15 is 0 Å². The number of hydrogen-bond donors (Lipinski definition) is 1. The van der Waals surface area contributed by atoms with E-state index in [9.17, 15) is 0 Å². The highest BCUT2D eigenvalue weighted by atomic mass is 16.3. The van der Waals surface area contributed by atoms with Gasteiger partial charge in [-0.2, -0.15) is 0 Å². The number of allylic oxidation sites excluding steroid dienone is 2. The van der Waals surface area contributed by atoms with Crippen LogP contribution in [0.2, 0.25) is 0 Å². The summed E-state index contributed by atoms with van der Waals surface area (Å²) in [6.07, 6.45) is 25.6. The van der Waals surface area contributed by atoms with Gasteiger partial charge in [0.25, 0.3) is 0 Å². The highest BCUT2D eigenvalue weighted by Gasteiger charge is 1.96. The van der Waals surface area contributed by atoms with Gasteiger partial charge in [-0.3, -0.25) is 0 Å². The molecule has 0 saturated heterocycles. The van der Waals surface area contributed by atoms with Crippen LogP contribution in [-0.4, -0.2) is 36.1 Å². The SMILES string of the molecule is CCCCCCCC/C=C\CCCCCCCC[N+](C)=CCO. The largest absolute Gasteiger partial charge is 0.386 e. The number of unbranched alkanes of at least 4 members (excludes halogenated alkanes) is 12. The molecule has 136 valence electrons. The highest BCUT2D eigenvalue weighted by molar-refractivity contribution is 5.51. The van der Waals surface area contributed by atoms with Crippen molar-refractivity contribution in [2.45, 2.75) is 96.8 Å². The lowest BCUT2D eigenvalue weighted by Crippen LogP contribution is -2.10. The van der Waals surface area contributed by atoms with Crippen LogP contribution in [0.5, 0.6) is 0 Å². The second kappa shape index (κ2) is 19.4. The third-order valence-corrected chi connectivity index (χ3v) is 4.42. The standard InChI is InChI=1S/C21H42NO/c1-3-4-5-6-7-8-9-10-11-12-13-14-15-16-17-18-19-22(2)20-21-23/h10-11,20,23H,3-9,12-19,21H2,1-2H3/q+1/b11-10-,22-20?. The summed E-state index contributed by atoms with van der Waals surface area (Å²) in [6, 6.07) is 0. The van der Waals surface area contributed by atoms with Crippen LogP contribution in [0.25, 0.3) is 0 Å². The van der Waals surface area contributed by atoms with Gasteiger partial charge in [0.2, 0.25) is 0 Å². The van der Waals surface area contributed by atoms with Gasteiger partial charge in [0.05, 0.1) is 0 Å². The lowest BCUT2D eigenvalue weighted by Gasteiger charge is -2.00. The van der Waals surface area contributed by atoms with Gasteiger partial charge in [0, 0.05) is 6.42 Å². The van der Waals surface area contributed by atoms with Gasteiger partial charge in [-0.05, 0) is 32.1 Å². The van der Waals surface area contributed by atoms with E-state index in [0.29, 0.717) is 0 Å². The smallest absolute Gasteiger partial charge is 0.165 e. The predicted molar refractivity (Wildman–Crippen MR) is 104 cm³/mol. The van der Waals surface area contributed by atoms with E-state index in [4.69, 9.17) is 5.11 Å². The Hall–Kier alpha value is -0.630. The van der Waals surface area contributed by atoms with Crippen molar-refractivity contribution in [2.24, 2.45) is 0 Å². The van der Waals surface area contributed by atoms with E-state index in [-0.39, 0.29) is 6.61 Å². The Morgan fingerprint density at radius 3 is 1.70 bits per heavy atom. The third kappa shape index (κ3) is 19.3. The molecule has 0 aromatic carbocycles. The van der Waals surface area contributed by atoms with Gasteiger partial charge in [-0.25, -0.2) is 4.58 Å². The molecule has 0 unspecified atom stereocenters. The summed E-state index contributed by atoms with van der Waals surface area (Å²) in [7, 11) is 2.04. The summed E-state index contributed by atoms with van der Waals surface area (Å²) in [5.41, 5.74) is 0. The molecule has 0 amide bonds. The lowest BCUT2D eigenvalue weighted by molar-refractivity contribution is -0.494. The van der Waals surface area contributed by atoms with Crippen LogP contribution >= 0.6 is 0 Å². The first-order valence-corrected chi connectivity index (χ1v) is 10.1. The van der Waals surface area contributed by atoms with E-state index in [1.807, 2.05) is 13.3 Å². The monoisotopic (exact) mass is 324 g/mol. The zero-order valence-corrected chi connectivity index (χ0v) is 15.9. The first-order chi connectivity index (χ1) is 11.3. The molecule has 0 heterocycles. The van der Waals surface area contributed by atoms with E-state index in [1.54, 1.807) is 0 Å². The van der Waals surface area contributed by atoms with Crippen LogP contribution in [0.4, 0.5) is 0 Å². The fraction of sp³-hybridized carbons (Fsp3) is 0.857. The molecule has 1 N–H and O–H groups in total. The van der Waals surface area contributed by atoms with Crippen molar-refractivity contribution in [1.29, 1.82) is 0 Å². The molecule has 0 atom stereocenters. The van der Waals surface area contributed by atoms with Crippen LogP contribution in [0, 0.1) is 0 Å². The molecule has 0 aliphatic carbocycles. The van der Waals surface area contributed by atoms with E-state index in [2.05, 4.69) is 23.7 Å². The Bertz CT molecular complexity index is 284. The fourth-order valence-electron chi connectivity index (χ4n) is 2.84. The fourth-order valence-corrected chi connectivity index (χ4v) is 2.84. The van der Waals surface area contributed by atoms with Crippen LogP contribution in [-0.2, 0) is 0 Å². The maximum atomic E-state index is 8.77. The molecule has 0 aromatic heterocycles. The van der Waals surface area contributed by atoms with E-state index in [1.165, 1.54) is 89.9 Å². The molecule has 0 radical (unpaired) electrons. The topological polar surface area (TPSA) is 23.2 Å². The minimum absolute atomic E-state index is 0.156. The van der Waals surface area contributed by atoms with Crippen molar-refractivity contribution in [1.82, 2.24) is 0 Å². The molecule has 23 heavy (non-hydrogen) atoms. The molecule has 2 heteroatoms. The molecule has 0 rings (SSSR count). The molecule has 0 aromatic rings. The first-order valence-electron chi connectivity index (χ1n) is 10.1. The Kier molecular flexibility index (Phi) is 18.9. The summed E-state index contributed by atoms with van der Waals surface area (Å²) in [5.74, 6) is 0. The average molecular weight is 325 g/mol. The van der Waals surface area contributed by atoms with Gasteiger partial charge in [0.15, 0.2) is 6.21 Å². The summed E-state index contributed by atoms with van der Waals surface area (Å²) in [6.45, 7) is 3.50. The molecule has 0 fully saturated rings. The van der Waals surface area contributed by atoms with E-state index in [0.717, 1.165) is 6.54 Å². The minimum Gasteiger partial charge on any atom is -0.386 e. The first kappa shape index (κ1) is 22.4. The predicted octanol–water partition coefficient (Wildman–Crippen LogP) is 5.73. The lowest BCUT2D eigenvalue weighted by atomic mass is 10.1. The van der Waals surface area contributed by atoms with Crippen LogP contribution in [0.1, 0.15) is 96.8 Å². The Balaban J connectivity index is 3.15. The van der Waals surface area contributed by atoms with Crippen molar-refractivity contribution in [2.75, 3.05) is 20.2 Å². The number of nitrogens with zero attached hydrogens (tertiary/aromatic N) is 1. The number of rotatable bonds is 17. The van der Waals surface area contributed by atoms with E-state index < -0.39 is 0 Å². The molecule has 0 bridgehead atoms. The normalized spacial score (nSPS) is 12.4. The molecule has 0 aliphatic rings. The van der Waals surface area contributed by atoms with Gasteiger partial charge in [-0.15, -0.1) is 0 Å². The molecular formula is C21H42NO+. The molecular weight excluding hydrogens is 282 g/mol. The zero-order chi connectivity index (χ0) is 17.0. The summed E-state index contributed by atoms with van der Waals surface area (Å²) in [4.78, 5) is 0. The molecule has 0 spiro atoms. The second-order valence-corrected chi connectivity index (χ2v) is 6.78. The quantitative estimate of drug-likeness (QED) is 0.157. The maximum Gasteiger partial charge on any atom is 0.165 e. The summed E-state index contributed by atoms with van der Waals surface area (Å²) in [5, 5.41) is 8.77. The minimum atomic E-state index is 0.156. The molecule has 0 saturated carbocycles. The van der Waals surface area contributed by atoms with Gasteiger partial charge in [0.1, 0.15) is 20.2 Å². The second-order valence-electron chi connectivity index (χ2n) is 6.78. The Labute approximate surface area is 145 Å². The van der Waals surface area contributed by atoms with Crippen LogP contribution in [0.15, 0.2) is 12.2 Å². The van der Waals surface area contributed by atoms with Crippen LogP contribution < -0.4 is 0 Å². The van der Waals surface area contributed by atoms with Gasteiger partial charge in [-0.1, -0.05) is 70.4 Å². The molecule has 0 aliphatic heterocycles. The van der Waals surface area contributed by atoms with Crippen LogP contribution in [0.3, 0.4) is 0 Å². The number of aliphatic hydroxyl groups excluding tert-OH is 1. The van der Waals surface area contributed by atoms with Crippen molar-refractivity contribution >= 4 is 6.21 Å². The Morgan fingerprint density at radius 2 is 1.17 bits per heavy atom.